The summed E-state index contributed by atoms with van der Waals surface area (Å²) in [6.07, 6.45) is 1.05. The fourth-order valence-corrected chi connectivity index (χ4v) is 1.25. The Balaban J connectivity index is 2.74. The highest BCUT2D eigenvalue weighted by Gasteiger charge is 2.55. The first-order chi connectivity index (χ1) is 4.44. The van der Waals surface area contributed by atoms with Crippen LogP contribution in [0.15, 0.2) is 0 Å². The number of rotatable bonds is 2. The van der Waals surface area contributed by atoms with Gasteiger partial charge in [0.2, 0.25) is 0 Å². The molecule has 0 aromatic heterocycles. The lowest BCUT2D eigenvalue weighted by molar-refractivity contribution is -0.116. The molecule has 0 saturated carbocycles. The van der Waals surface area contributed by atoms with Crippen LogP contribution in [0.25, 0.3) is 0 Å². The maximum atomic E-state index is 10.6. The highest BCUT2D eigenvalue weighted by Crippen LogP contribution is 2.44. The Morgan fingerprint density at radius 3 is 2.10 bits per heavy atom. The van der Waals surface area contributed by atoms with Gasteiger partial charge in [-0.3, -0.25) is 4.90 Å². The molecule has 0 bridgehead atoms. The quantitative estimate of drug-likeness (QED) is 0.421. The SMILES string of the molecule is CN1CC1(C)C(C)(C)C=O. The molecule has 0 aromatic carbocycles. The summed E-state index contributed by atoms with van der Waals surface area (Å²) in [6, 6.07) is 0. The Bertz CT molecular complexity index is 165. The van der Waals surface area contributed by atoms with Crippen LogP contribution in [0.5, 0.6) is 0 Å². The summed E-state index contributed by atoms with van der Waals surface area (Å²) in [4.78, 5) is 12.8. The molecule has 0 spiro atoms. The van der Waals surface area contributed by atoms with Gasteiger partial charge in [-0.05, 0) is 14.0 Å². The summed E-state index contributed by atoms with van der Waals surface area (Å²) >= 11 is 0. The monoisotopic (exact) mass is 141 g/mol. The van der Waals surface area contributed by atoms with Gasteiger partial charge in [-0.1, -0.05) is 13.8 Å². The minimum Gasteiger partial charge on any atom is -0.303 e. The van der Waals surface area contributed by atoms with Gasteiger partial charge in [-0.25, -0.2) is 0 Å². The molecule has 1 saturated heterocycles. The summed E-state index contributed by atoms with van der Waals surface area (Å²) in [5, 5.41) is 0. The average Bonchev–Trinajstić information content (AvgIpc) is 2.43. The minimum atomic E-state index is -0.193. The van der Waals surface area contributed by atoms with Crippen LogP contribution in [-0.2, 0) is 4.79 Å². The third-order valence-corrected chi connectivity index (χ3v) is 2.97. The molecule has 0 N–H and O–H groups in total. The first-order valence-electron chi connectivity index (χ1n) is 3.61. The van der Waals surface area contributed by atoms with Crippen LogP contribution in [0.1, 0.15) is 20.8 Å². The first-order valence-corrected chi connectivity index (χ1v) is 3.61. The molecule has 2 heteroatoms. The smallest absolute Gasteiger partial charge is 0.127 e. The molecule has 1 fully saturated rings. The lowest BCUT2D eigenvalue weighted by Gasteiger charge is -2.25. The Morgan fingerprint density at radius 1 is 1.60 bits per heavy atom. The Kier molecular flexibility index (Phi) is 1.40. The predicted octanol–water partition coefficient (Wildman–Crippen LogP) is 0.916. The summed E-state index contributed by atoms with van der Waals surface area (Å²) < 4.78 is 0. The van der Waals surface area contributed by atoms with Crippen molar-refractivity contribution >= 4 is 6.29 Å². The fourth-order valence-electron chi connectivity index (χ4n) is 1.25. The molecule has 1 aliphatic rings. The molecule has 1 aliphatic heterocycles. The molecule has 10 heavy (non-hydrogen) atoms. The van der Waals surface area contributed by atoms with Gasteiger partial charge in [0.15, 0.2) is 0 Å². The van der Waals surface area contributed by atoms with E-state index in [0.717, 1.165) is 12.8 Å². The number of likely N-dealkylation sites (N-methyl/N-ethyl adjacent to an activating group) is 1. The van der Waals surface area contributed by atoms with E-state index >= 15 is 0 Å². The van der Waals surface area contributed by atoms with Gasteiger partial charge in [0, 0.05) is 17.5 Å². The third-order valence-electron chi connectivity index (χ3n) is 2.97. The van der Waals surface area contributed by atoms with Crippen LogP contribution >= 0.6 is 0 Å². The van der Waals surface area contributed by atoms with Crippen LogP contribution in [0.4, 0.5) is 0 Å². The number of carbonyl (C=O) groups is 1. The van der Waals surface area contributed by atoms with E-state index in [9.17, 15) is 4.79 Å². The fraction of sp³-hybridized carbons (Fsp3) is 0.875. The van der Waals surface area contributed by atoms with Crippen molar-refractivity contribution in [3.8, 4) is 0 Å². The van der Waals surface area contributed by atoms with E-state index in [1.165, 1.54) is 0 Å². The van der Waals surface area contributed by atoms with Gasteiger partial charge in [0.05, 0.1) is 0 Å². The molecule has 2 nitrogen and oxygen atoms in total. The van der Waals surface area contributed by atoms with Crippen molar-refractivity contribution in [3.05, 3.63) is 0 Å². The first kappa shape index (κ1) is 7.73. The zero-order valence-electron chi connectivity index (χ0n) is 7.14. The van der Waals surface area contributed by atoms with Crippen LogP contribution < -0.4 is 0 Å². The molecule has 0 amide bonds. The molecule has 2 atom stereocenters. The molecule has 1 heterocycles. The molecule has 0 aromatic rings. The Hall–Kier alpha value is -0.370. The molecule has 58 valence electrons. The summed E-state index contributed by atoms with van der Waals surface area (Å²) in [5.74, 6) is 0. The van der Waals surface area contributed by atoms with Crippen molar-refractivity contribution in [1.82, 2.24) is 4.90 Å². The molecule has 1 rings (SSSR count). The van der Waals surface area contributed by atoms with Gasteiger partial charge in [0.1, 0.15) is 6.29 Å². The van der Waals surface area contributed by atoms with Gasteiger partial charge in [0.25, 0.3) is 0 Å². The van der Waals surface area contributed by atoms with Crippen LogP contribution in [0.2, 0.25) is 0 Å². The van der Waals surface area contributed by atoms with E-state index in [4.69, 9.17) is 0 Å². The van der Waals surface area contributed by atoms with Crippen molar-refractivity contribution in [2.75, 3.05) is 13.6 Å². The van der Waals surface area contributed by atoms with E-state index in [1.807, 2.05) is 20.9 Å². The lowest BCUT2D eigenvalue weighted by Crippen LogP contribution is -2.34. The largest absolute Gasteiger partial charge is 0.303 e. The number of aldehydes is 1. The number of nitrogens with zero attached hydrogens (tertiary/aromatic N) is 1. The van der Waals surface area contributed by atoms with Crippen molar-refractivity contribution in [1.29, 1.82) is 0 Å². The van der Waals surface area contributed by atoms with Crippen molar-refractivity contribution < 1.29 is 4.79 Å². The third kappa shape index (κ3) is 0.788. The van der Waals surface area contributed by atoms with Gasteiger partial charge in [-0.2, -0.15) is 0 Å². The molecule has 0 radical (unpaired) electrons. The second kappa shape index (κ2) is 1.82. The summed E-state index contributed by atoms with van der Waals surface area (Å²) in [6.45, 7) is 7.15. The van der Waals surface area contributed by atoms with Crippen LogP contribution in [-0.4, -0.2) is 30.3 Å². The van der Waals surface area contributed by atoms with E-state index in [0.29, 0.717) is 0 Å². The topological polar surface area (TPSA) is 20.1 Å². The Labute approximate surface area is 62.2 Å². The molecular weight excluding hydrogens is 126 g/mol. The van der Waals surface area contributed by atoms with Crippen LogP contribution in [0, 0.1) is 5.41 Å². The van der Waals surface area contributed by atoms with E-state index in [-0.39, 0.29) is 11.0 Å². The van der Waals surface area contributed by atoms with Crippen LogP contribution in [0.3, 0.4) is 0 Å². The second-order valence-electron chi connectivity index (χ2n) is 3.97. The van der Waals surface area contributed by atoms with Crippen molar-refractivity contribution in [2.45, 2.75) is 26.3 Å². The summed E-state index contributed by atoms with van der Waals surface area (Å²) in [5.41, 5.74) is -0.0729. The normalized spacial score (nSPS) is 39.4. The van der Waals surface area contributed by atoms with Crippen molar-refractivity contribution in [3.63, 3.8) is 0 Å². The highest BCUT2D eigenvalue weighted by molar-refractivity contribution is 5.62. The van der Waals surface area contributed by atoms with E-state index in [1.54, 1.807) is 0 Å². The average molecular weight is 141 g/mol. The number of hydrogen-bond acceptors (Lipinski definition) is 2. The maximum Gasteiger partial charge on any atom is 0.127 e. The lowest BCUT2D eigenvalue weighted by atomic mass is 9.81. The second-order valence-corrected chi connectivity index (χ2v) is 3.97. The predicted molar refractivity (Wildman–Crippen MR) is 40.9 cm³/mol. The maximum absolute atomic E-state index is 10.6. The number of carbonyl (C=O) groups excluding carboxylic acids is 1. The number of hydrogen-bond donors (Lipinski definition) is 0. The molecular formula is C8H15NO. The van der Waals surface area contributed by atoms with E-state index in [2.05, 4.69) is 11.8 Å². The molecule has 0 aliphatic carbocycles. The van der Waals surface area contributed by atoms with Crippen molar-refractivity contribution in [2.24, 2.45) is 5.41 Å². The van der Waals surface area contributed by atoms with Gasteiger partial charge >= 0.3 is 0 Å². The molecule has 2 unspecified atom stereocenters. The highest BCUT2D eigenvalue weighted by atomic mass is 16.1. The Morgan fingerprint density at radius 2 is 2.00 bits per heavy atom. The van der Waals surface area contributed by atoms with Gasteiger partial charge < -0.3 is 4.79 Å². The summed E-state index contributed by atoms with van der Waals surface area (Å²) in [7, 11) is 2.05. The zero-order valence-corrected chi connectivity index (χ0v) is 7.14. The standard InChI is InChI=1S/C8H15NO/c1-7(2,6-10)8(3)5-9(8)4/h6H,5H2,1-4H3. The zero-order chi connectivity index (χ0) is 7.99. The minimum absolute atomic E-state index is 0.120. The van der Waals surface area contributed by atoms with E-state index < -0.39 is 0 Å². The van der Waals surface area contributed by atoms with Gasteiger partial charge in [-0.15, -0.1) is 0 Å².